The van der Waals surface area contributed by atoms with E-state index in [1.54, 1.807) is 18.2 Å². The lowest BCUT2D eigenvalue weighted by Gasteiger charge is -2.07. The lowest BCUT2D eigenvalue weighted by molar-refractivity contribution is -0.115. The molecule has 0 saturated heterocycles. The van der Waals surface area contributed by atoms with E-state index in [1.165, 1.54) is 5.56 Å². The third kappa shape index (κ3) is 3.58. The summed E-state index contributed by atoms with van der Waals surface area (Å²) in [6.07, 6.45) is 0.328. The minimum atomic E-state index is -0.0906. The van der Waals surface area contributed by atoms with Gasteiger partial charge in [0.05, 0.1) is 6.42 Å². The maximum Gasteiger partial charge on any atom is 0.228 e. The third-order valence-electron chi connectivity index (χ3n) is 2.98. The summed E-state index contributed by atoms with van der Waals surface area (Å²) < 4.78 is 0. The molecule has 0 aliphatic heterocycles. The maximum atomic E-state index is 11.9. The van der Waals surface area contributed by atoms with Crippen LogP contribution in [0.2, 0.25) is 0 Å². The molecule has 2 rings (SSSR count). The number of nitrogens with one attached hydrogen (secondary N) is 1. The molecule has 0 unspecified atom stereocenters. The number of carbonyl (C=O) groups is 1. The predicted molar refractivity (Wildman–Crippen MR) is 76.4 cm³/mol. The van der Waals surface area contributed by atoms with Gasteiger partial charge in [0.15, 0.2) is 0 Å². The fraction of sp³-hybridized carbons (Fsp3) is 0.188. The summed E-state index contributed by atoms with van der Waals surface area (Å²) in [5.41, 5.74) is 3.55. The number of carbonyl (C=O) groups excluding carboxylic acids is 1. The van der Waals surface area contributed by atoms with Crippen molar-refractivity contribution in [3.8, 4) is 5.75 Å². The molecule has 1 amide bonds. The number of amides is 1. The minimum Gasteiger partial charge on any atom is -0.508 e. The number of benzene rings is 2. The Morgan fingerprint density at radius 1 is 1.11 bits per heavy atom. The zero-order chi connectivity index (χ0) is 13.8. The molecule has 0 radical (unpaired) electrons. The molecule has 0 atom stereocenters. The Morgan fingerprint density at radius 2 is 1.79 bits per heavy atom. The molecule has 2 N–H and O–H groups in total. The van der Waals surface area contributed by atoms with E-state index in [0.29, 0.717) is 12.1 Å². The topological polar surface area (TPSA) is 49.3 Å². The number of hydrogen-bond donors (Lipinski definition) is 2. The van der Waals surface area contributed by atoms with Crippen LogP contribution in [0.1, 0.15) is 16.7 Å². The number of anilines is 1. The van der Waals surface area contributed by atoms with E-state index in [9.17, 15) is 9.90 Å². The van der Waals surface area contributed by atoms with Gasteiger partial charge in [0.1, 0.15) is 5.75 Å². The van der Waals surface area contributed by atoms with Gasteiger partial charge in [-0.3, -0.25) is 4.79 Å². The van der Waals surface area contributed by atoms with Gasteiger partial charge < -0.3 is 10.4 Å². The average Bonchev–Trinajstić information content (AvgIpc) is 2.37. The van der Waals surface area contributed by atoms with Crippen molar-refractivity contribution >= 4 is 11.6 Å². The number of hydrogen-bond acceptors (Lipinski definition) is 2. The van der Waals surface area contributed by atoms with Crippen molar-refractivity contribution in [2.24, 2.45) is 0 Å². The molecule has 0 saturated carbocycles. The van der Waals surface area contributed by atoms with Crippen LogP contribution in [0, 0.1) is 13.8 Å². The van der Waals surface area contributed by atoms with Crippen LogP contribution in [-0.2, 0) is 11.2 Å². The predicted octanol–water partition coefficient (Wildman–Crippen LogP) is 3.19. The fourth-order valence-corrected chi connectivity index (χ4v) is 1.78. The van der Waals surface area contributed by atoms with Crippen LogP contribution >= 0.6 is 0 Å². The minimum absolute atomic E-state index is 0.0906. The first-order valence-electron chi connectivity index (χ1n) is 6.19. The Morgan fingerprint density at radius 3 is 2.42 bits per heavy atom. The standard InChI is InChI=1S/C16H17NO2/c1-11-3-6-13(7-4-11)9-16(19)17-14-8-5-12(2)15(18)10-14/h3-8,10,18H,9H2,1-2H3,(H,17,19). The molecule has 0 heterocycles. The first-order valence-corrected chi connectivity index (χ1v) is 6.19. The second-order valence-corrected chi connectivity index (χ2v) is 4.71. The van der Waals surface area contributed by atoms with Crippen LogP contribution < -0.4 is 5.32 Å². The first-order chi connectivity index (χ1) is 9.04. The lowest BCUT2D eigenvalue weighted by atomic mass is 10.1. The van der Waals surface area contributed by atoms with E-state index in [2.05, 4.69) is 5.32 Å². The molecule has 0 bridgehead atoms. The third-order valence-corrected chi connectivity index (χ3v) is 2.98. The molecule has 0 aromatic heterocycles. The van der Waals surface area contributed by atoms with Crippen LogP contribution in [-0.4, -0.2) is 11.0 Å². The van der Waals surface area contributed by atoms with Crippen LogP contribution in [0.4, 0.5) is 5.69 Å². The molecule has 2 aromatic rings. The Bertz CT molecular complexity index is 588. The molecule has 2 aromatic carbocycles. The number of aryl methyl sites for hydroxylation is 2. The molecular weight excluding hydrogens is 238 g/mol. The van der Waals surface area contributed by atoms with Gasteiger partial charge in [0, 0.05) is 11.8 Å². The van der Waals surface area contributed by atoms with Crippen molar-refractivity contribution in [1.29, 1.82) is 0 Å². The van der Waals surface area contributed by atoms with E-state index < -0.39 is 0 Å². The van der Waals surface area contributed by atoms with Gasteiger partial charge in [-0.25, -0.2) is 0 Å². The lowest BCUT2D eigenvalue weighted by Crippen LogP contribution is -2.14. The number of phenolic OH excluding ortho intramolecular Hbond substituents is 1. The largest absolute Gasteiger partial charge is 0.508 e. The molecule has 3 heteroatoms. The summed E-state index contributed by atoms with van der Waals surface area (Å²) in [6.45, 7) is 3.83. The normalized spacial score (nSPS) is 10.2. The monoisotopic (exact) mass is 255 g/mol. The first kappa shape index (κ1) is 13.1. The number of phenols is 1. The molecule has 0 fully saturated rings. The Labute approximate surface area is 112 Å². The van der Waals surface area contributed by atoms with Crippen molar-refractivity contribution in [2.75, 3.05) is 5.32 Å². The summed E-state index contributed by atoms with van der Waals surface area (Å²) in [5, 5.41) is 12.4. The molecule has 3 nitrogen and oxygen atoms in total. The summed E-state index contributed by atoms with van der Waals surface area (Å²) >= 11 is 0. The Hall–Kier alpha value is -2.29. The second-order valence-electron chi connectivity index (χ2n) is 4.71. The van der Waals surface area contributed by atoms with Gasteiger partial charge in [-0.2, -0.15) is 0 Å². The van der Waals surface area contributed by atoms with Gasteiger partial charge in [0.25, 0.3) is 0 Å². The summed E-state index contributed by atoms with van der Waals surface area (Å²) in [4.78, 5) is 11.9. The highest BCUT2D eigenvalue weighted by Crippen LogP contribution is 2.20. The maximum absolute atomic E-state index is 11.9. The van der Waals surface area contributed by atoms with Crippen LogP contribution in [0.5, 0.6) is 5.75 Å². The van der Waals surface area contributed by atoms with E-state index in [-0.39, 0.29) is 11.7 Å². The number of rotatable bonds is 3. The van der Waals surface area contributed by atoms with Gasteiger partial charge in [0.2, 0.25) is 5.91 Å². The van der Waals surface area contributed by atoms with Crippen molar-refractivity contribution in [3.05, 3.63) is 59.2 Å². The van der Waals surface area contributed by atoms with Gasteiger partial charge in [-0.15, -0.1) is 0 Å². The van der Waals surface area contributed by atoms with Gasteiger partial charge in [-0.05, 0) is 31.0 Å². The summed E-state index contributed by atoms with van der Waals surface area (Å²) in [5.74, 6) is 0.0974. The highest BCUT2D eigenvalue weighted by Gasteiger charge is 2.05. The molecule has 19 heavy (non-hydrogen) atoms. The van der Waals surface area contributed by atoms with Gasteiger partial charge in [-0.1, -0.05) is 35.9 Å². The Kier molecular flexibility index (Phi) is 3.85. The zero-order valence-electron chi connectivity index (χ0n) is 11.1. The molecule has 0 aliphatic carbocycles. The van der Waals surface area contributed by atoms with Crippen molar-refractivity contribution in [3.63, 3.8) is 0 Å². The van der Waals surface area contributed by atoms with Crippen molar-refractivity contribution < 1.29 is 9.90 Å². The zero-order valence-corrected chi connectivity index (χ0v) is 11.1. The summed E-state index contributed by atoms with van der Waals surface area (Å²) in [6, 6.07) is 13.0. The van der Waals surface area contributed by atoms with E-state index in [4.69, 9.17) is 0 Å². The van der Waals surface area contributed by atoms with E-state index in [1.807, 2.05) is 38.1 Å². The molecule has 98 valence electrons. The van der Waals surface area contributed by atoms with Crippen LogP contribution in [0.15, 0.2) is 42.5 Å². The number of aromatic hydroxyl groups is 1. The quantitative estimate of drug-likeness (QED) is 0.885. The SMILES string of the molecule is Cc1ccc(CC(=O)Nc2ccc(C)c(O)c2)cc1. The van der Waals surface area contributed by atoms with Gasteiger partial charge >= 0.3 is 0 Å². The highest BCUT2D eigenvalue weighted by atomic mass is 16.3. The van der Waals surface area contributed by atoms with Crippen molar-refractivity contribution in [2.45, 2.75) is 20.3 Å². The summed E-state index contributed by atoms with van der Waals surface area (Å²) in [7, 11) is 0. The van der Waals surface area contributed by atoms with E-state index >= 15 is 0 Å². The molecule has 0 spiro atoms. The molecular formula is C16H17NO2. The smallest absolute Gasteiger partial charge is 0.228 e. The van der Waals surface area contributed by atoms with E-state index in [0.717, 1.165) is 11.1 Å². The van der Waals surface area contributed by atoms with Crippen molar-refractivity contribution in [1.82, 2.24) is 0 Å². The van der Waals surface area contributed by atoms with Crippen LogP contribution in [0.25, 0.3) is 0 Å². The Balaban J connectivity index is 2.01. The fourth-order valence-electron chi connectivity index (χ4n) is 1.78. The second kappa shape index (κ2) is 5.57. The highest BCUT2D eigenvalue weighted by molar-refractivity contribution is 5.92. The van der Waals surface area contributed by atoms with Crippen LogP contribution in [0.3, 0.4) is 0 Å². The molecule has 0 aliphatic rings. The average molecular weight is 255 g/mol.